The Kier molecular flexibility index (Phi) is 2.32. The Labute approximate surface area is 89.7 Å². The van der Waals surface area contributed by atoms with E-state index in [0.29, 0.717) is 5.92 Å². The van der Waals surface area contributed by atoms with Crippen LogP contribution in [0.5, 0.6) is 0 Å². The molecule has 0 aliphatic heterocycles. The molecule has 2 unspecified atom stereocenters. The predicted molar refractivity (Wildman–Crippen MR) is 58.5 cm³/mol. The summed E-state index contributed by atoms with van der Waals surface area (Å²) in [4.78, 5) is 0. The fourth-order valence-electron chi connectivity index (χ4n) is 2.01. The van der Waals surface area contributed by atoms with E-state index in [1.54, 1.807) is 0 Å². The summed E-state index contributed by atoms with van der Waals surface area (Å²) in [5.74, 6) is 0.418. The first-order chi connectivity index (χ1) is 6.58. The quantitative estimate of drug-likeness (QED) is 0.795. The summed E-state index contributed by atoms with van der Waals surface area (Å²) in [5, 5.41) is 11.0. The van der Waals surface area contributed by atoms with Crippen molar-refractivity contribution in [2.45, 2.75) is 32.3 Å². The third-order valence-electron chi connectivity index (χ3n) is 3.24. The van der Waals surface area contributed by atoms with E-state index in [0.717, 1.165) is 29.0 Å². The van der Waals surface area contributed by atoms with Crippen LogP contribution in [0.2, 0.25) is 5.02 Å². The van der Waals surface area contributed by atoms with Crippen molar-refractivity contribution in [1.29, 1.82) is 0 Å². The van der Waals surface area contributed by atoms with E-state index in [9.17, 15) is 5.11 Å². The minimum Gasteiger partial charge on any atom is -0.385 e. The second-order valence-corrected chi connectivity index (χ2v) is 4.60. The molecule has 1 aliphatic carbocycles. The molecular weight excluding hydrogens is 196 g/mol. The number of hydrogen-bond acceptors (Lipinski definition) is 1. The first-order valence-electron chi connectivity index (χ1n) is 5.07. The SMILES string of the molecule is CCC1CC1(O)c1ccc(C)c(Cl)c1. The number of hydrogen-bond donors (Lipinski definition) is 1. The maximum atomic E-state index is 10.2. The van der Waals surface area contributed by atoms with Gasteiger partial charge < -0.3 is 5.11 Å². The molecule has 1 aromatic carbocycles. The third-order valence-corrected chi connectivity index (χ3v) is 3.64. The van der Waals surface area contributed by atoms with Crippen LogP contribution >= 0.6 is 11.6 Å². The van der Waals surface area contributed by atoms with Crippen molar-refractivity contribution in [2.24, 2.45) is 5.92 Å². The molecule has 2 heteroatoms. The number of aliphatic hydroxyl groups is 1. The van der Waals surface area contributed by atoms with Gasteiger partial charge in [-0.3, -0.25) is 0 Å². The lowest BCUT2D eigenvalue weighted by atomic mass is 10.0. The predicted octanol–water partition coefficient (Wildman–Crippen LogP) is 3.27. The summed E-state index contributed by atoms with van der Waals surface area (Å²) in [6.45, 7) is 4.08. The maximum Gasteiger partial charge on any atom is 0.0930 e. The average Bonchev–Trinajstić information content (AvgIpc) is 2.83. The Morgan fingerprint density at radius 3 is 2.79 bits per heavy atom. The zero-order valence-electron chi connectivity index (χ0n) is 8.55. The standard InChI is InChI=1S/C12H15ClO/c1-3-9-7-12(9,14)10-5-4-8(2)11(13)6-10/h4-6,9,14H,3,7H2,1-2H3. The molecule has 0 heterocycles. The van der Waals surface area contributed by atoms with Gasteiger partial charge >= 0.3 is 0 Å². The van der Waals surface area contributed by atoms with Gasteiger partial charge in [-0.15, -0.1) is 0 Å². The Morgan fingerprint density at radius 2 is 2.29 bits per heavy atom. The largest absolute Gasteiger partial charge is 0.385 e. The van der Waals surface area contributed by atoms with E-state index in [1.807, 2.05) is 25.1 Å². The monoisotopic (exact) mass is 210 g/mol. The lowest BCUT2D eigenvalue weighted by Gasteiger charge is -2.11. The van der Waals surface area contributed by atoms with Gasteiger partial charge in [0.15, 0.2) is 0 Å². The second-order valence-electron chi connectivity index (χ2n) is 4.20. The normalized spacial score (nSPS) is 30.4. The van der Waals surface area contributed by atoms with Crippen molar-refractivity contribution in [3.8, 4) is 0 Å². The molecule has 0 amide bonds. The molecule has 0 spiro atoms. The second kappa shape index (κ2) is 3.25. The number of aryl methyl sites for hydroxylation is 1. The molecule has 14 heavy (non-hydrogen) atoms. The highest BCUT2D eigenvalue weighted by Gasteiger charge is 2.52. The van der Waals surface area contributed by atoms with E-state index in [-0.39, 0.29) is 0 Å². The summed E-state index contributed by atoms with van der Waals surface area (Å²) in [5.41, 5.74) is 1.44. The number of halogens is 1. The zero-order chi connectivity index (χ0) is 10.3. The molecule has 1 N–H and O–H groups in total. The molecule has 0 aromatic heterocycles. The van der Waals surface area contributed by atoms with Crippen LogP contribution in [0, 0.1) is 12.8 Å². The summed E-state index contributed by atoms with van der Waals surface area (Å²) in [7, 11) is 0. The molecule has 2 rings (SSSR count). The first kappa shape index (κ1) is 10.0. The Hall–Kier alpha value is -0.530. The minimum absolute atomic E-state index is 0.418. The Bertz CT molecular complexity index is 361. The van der Waals surface area contributed by atoms with Gasteiger partial charge in [0.2, 0.25) is 0 Å². The highest BCUT2D eigenvalue weighted by atomic mass is 35.5. The van der Waals surface area contributed by atoms with E-state index in [2.05, 4.69) is 6.92 Å². The molecule has 0 radical (unpaired) electrons. The molecule has 2 atom stereocenters. The van der Waals surface area contributed by atoms with Crippen LogP contribution in [0.15, 0.2) is 18.2 Å². The lowest BCUT2D eigenvalue weighted by Crippen LogP contribution is -2.08. The van der Waals surface area contributed by atoms with E-state index < -0.39 is 5.60 Å². The Balaban J connectivity index is 2.31. The van der Waals surface area contributed by atoms with Crippen LogP contribution in [0.4, 0.5) is 0 Å². The van der Waals surface area contributed by atoms with Gasteiger partial charge in [-0.05, 0) is 36.5 Å². The van der Waals surface area contributed by atoms with Crippen molar-refractivity contribution in [3.63, 3.8) is 0 Å². The van der Waals surface area contributed by atoms with Crippen molar-refractivity contribution in [3.05, 3.63) is 34.3 Å². The summed E-state index contributed by atoms with van der Waals surface area (Å²) >= 11 is 6.03. The van der Waals surface area contributed by atoms with Crippen LogP contribution in [0.1, 0.15) is 30.9 Å². The highest BCUT2D eigenvalue weighted by Crippen LogP contribution is 2.53. The van der Waals surface area contributed by atoms with Crippen LogP contribution in [-0.2, 0) is 5.60 Å². The smallest absolute Gasteiger partial charge is 0.0930 e. The molecule has 1 aliphatic rings. The van der Waals surface area contributed by atoms with Gasteiger partial charge in [0.25, 0.3) is 0 Å². The van der Waals surface area contributed by atoms with Crippen molar-refractivity contribution < 1.29 is 5.11 Å². The van der Waals surface area contributed by atoms with E-state index >= 15 is 0 Å². The van der Waals surface area contributed by atoms with E-state index in [1.165, 1.54) is 0 Å². The van der Waals surface area contributed by atoms with Crippen LogP contribution in [-0.4, -0.2) is 5.11 Å². The molecule has 0 saturated heterocycles. The molecule has 1 fully saturated rings. The van der Waals surface area contributed by atoms with E-state index in [4.69, 9.17) is 11.6 Å². The summed E-state index contributed by atoms with van der Waals surface area (Å²) in [6.07, 6.45) is 1.91. The summed E-state index contributed by atoms with van der Waals surface area (Å²) < 4.78 is 0. The fourth-order valence-corrected chi connectivity index (χ4v) is 2.19. The zero-order valence-corrected chi connectivity index (χ0v) is 9.30. The summed E-state index contributed by atoms with van der Waals surface area (Å²) in [6, 6.07) is 5.85. The third kappa shape index (κ3) is 1.45. The van der Waals surface area contributed by atoms with Gasteiger partial charge in [-0.25, -0.2) is 0 Å². The van der Waals surface area contributed by atoms with Gasteiger partial charge in [-0.2, -0.15) is 0 Å². The molecular formula is C12H15ClO. The van der Waals surface area contributed by atoms with Crippen molar-refractivity contribution >= 4 is 11.6 Å². The van der Waals surface area contributed by atoms with Gasteiger partial charge in [0, 0.05) is 5.02 Å². The van der Waals surface area contributed by atoms with Crippen LogP contribution in [0.3, 0.4) is 0 Å². The number of benzene rings is 1. The molecule has 1 aromatic rings. The molecule has 1 saturated carbocycles. The fraction of sp³-hybridized carbons (Fsp3) is 0.500. The highest BCUT2D eigenvalue weighted by molar-refractivity contribution is 6.31. The Morgan fingerprint density at radius 1 is 1.57 bits per heavy atom. The van der Waals surface area contributed by atoms with Gasteiger partial charge in [0.1, 0.15) is 0 Å². The first-order valence-corrected chi connectivity index (χ1v) is 5.44. The topological polar surface area (TPSA) is 20.2 Å². The van der Waals surface area contributed by atoms with Crippen molar-refractivity contribution in [1.82, 2.24) is 0 Å². The maximum absolute atomic E-state index is 10.2. The average molecular weight is 211 g/mol. The molecule has 1 nitrogen and oxygen atoms in total. The minimum atomic E-state index is -0.591. The molecule has 0 bridgehead atoms. The van der Waals surface area contributed by atoms with Crippen LogP contribution in [0.25, 0.3) is 0 Å². The van der Waals surface area contributed by atoms with Crippen molar-refractivity contribution in [2.75, 3.05) is 0 Å². The molecule has 76 valence electrons. The number of rotatable bonds is 2. The van der Waals surface area contributed by atoms with Gasteiger partial charge in [-0.1, -0.05) is 37.1 Å². The van der Waals surface area contributed by atoms with Crippen LogP contribution < -0.4 is 0 Å². The van der Waals surface area contributed by atoms with Gasteiger partial charge in [0.05, 0.1) is 5.60 Å². The lowest BCUT2D eigenvalue weighted by molar-refractivity contribution is 0.130.